The summed E-state index contributed by atoms with van der Waals surface area (Å²) >= 11 is 3.45. The van der Waals surface area contributed by atoms with Gasteiger partial charge in [0.2, 0.25) is 0 Å². The lowest BCUT2D eigenvalue weighted by Gasteiger charge is -2.18. The fourth-order valence-electron chi connectivity index (χ4n) is 2.45. The molecule has 1 atom stereocenters. The smallest absolute Gasteiger partial charge is 0.120 e. The molecule has 0 bridgehead atoms. The van der Waals surface area contributed by atoms with Crippen molar-refractivity contribution in [1.29, 1.82) is 0 Å². The summed E-state index contributed by atoms with van der Waals surface area (Å²) in [7, 11) is 0. The first kappa shape index (κ1) is 13.6. The third-order valence-corrected chi connectivity index (χ3v) is 4.14. The molecule has 0 spiro atoms. The second-order valence-electron chi connectivity index (χ2n) is 5.11. The van der Waals surface area contributed by atoms with Crippen molar-refractivity contribution in [3.05, 3.63) is 52.9 Å². The molecule has 1 heterocycles. The molecule has 0 saturated heterocycles. The zero-order valence-electron chi connectivity index (χ0n) is 11.3. The van der Waals surface area contributed by atoms with Gasteiger partial charge in [0, 0.05) is 10.5 Å². The van der Waals surface area contributed by atoms with Gasteiger partial charge < -0.3 is 10.3 Å². The molecule has 2 N–H and O–H groups in total. The number of imidazole rings is 1. The van der Waals surface area contributed by atoms with E-state index < -0.39 is 0 Å². The Labute approximate surface area is 127 Å². The summed E-state index contributed by atoms with van der Waals surface area (Å²) < 4.78 is 1.09. The molecule has 0 amide bonds. The number of aromatic amines is 1. The fraction of sp³-hybridized carbons (Fsp3) is 0.312. The lowest BCUT2D eigenvalue weighted by molar-refractivity contribution is 0.468. The van der Waals surface area contributed by atoms with Crippen molar-refractivity contribution < 1.29 is 0 Å². The highest BCUT2D eigenvalue weighted by atomic mass is 79.9. The largest absolute Gasteiger partial charge is 0.341 e. The molecule has 0 saturated carbocycles. The van der Waals surface area contributed by atoms with Gasteiger partial charge in [0.1, 0.15) is 5.82 Å². The Kier molecular flexibility index (Phi) is 4.33. The van der Waals surface area contributed by atoms with Gasteiger partial charge >= 0.3 is 0 Å². The van der Waals surface area contributed by atoms with E-state index in [1.165, 1.54) is 12.8 Å². The molecule has 20 heavy (non-hydrogen) atoms. The van der Waals surface area contributed by atoms with Crippen LogP contribution in [0.4, 0.5) is 0 Å². The summed E-state index contributed by atoms with van der Waals surface area (Å²) in [6.07, 6.45) is 9.95. The van der Waals surface area contributed by atoms with Gasteiger partial charge in [0.25, 0.3) is 0 Å². The van der Waals surface area contributed by atoms with Gasteiger partial charge in [0.15, 0.2) is 0 Å². The maximum Gasteiger partial charge on any atom is 0.120 e. The fourth-order valence-corrected chi connectivity index (χ4v) is 2.71. The molecule has 0 fully saturated rings. The highest BCUT2D eigenvalue weighted by Gasteiger charge is 2.10. The first-order valence-electron chi connectivity index (χ1n) is 6.99. The normalized spacial score (nSPS) is 18.4. The van der Waals surface area contributed by atoms with E-state index in [-0.39, 0.29) is 0 Å². The second kappa shape index (κ2) is 6.37. The third kappa shape index (κ3) is 3.38. The van der Waals surface area contributed by atoms with E-state index in [2.05, 4.69) is 55.5 Å². The van der Waals surface area contributed by atoms with Crippen molar-refractivity contribution in [2.75, 3.05) is 0 Å². The zero-order chi connectivity index (χ0) is 13.8. The number of hydrogen-bond donors (Lipinski definition) is 2. The molecule has 1 unspecified atom stereocenters. The standard InChI is InChI=1S/C16H18BrN3/c17-13-8-6-12(7-9-13)15-10-19-16(20-15)11-18-14-4-2-1-3-5-14/h1-2,6-10,14,18H,3-5,11H2,(H,19,20). The van der Waals surface area contributed by atoms with Crippen LogP contribution < -0.4 is 5.32 Å². The Bertz CT molecular complexity index is 586. The Hall–Kier alpha value is -1.39. The lowest BCUT2D eigenvalue weighted by Crippen LogP contribution is -2.29. The average Bonchev–Trinajstić information content (AvgIpc) is 2.96. The van der Waals surface area contributed by atoms with E-state index in [4.69, 9.17) is 0 Å². The number of rotatable bonds is 4. The van der Waals surface area contributed by atoms with Crippen molar-refractivity contribution in [2.45, 2.75) is 31.8 Å². The maximum atomic E-state index is 4.45. The number of aromatic nitrogens is 2. The highest BCUT2D eigenvalue weighted by Crippen LogP contribution is 2.20. The molecule has 3 rings (SSSR count). The minimum Gasteiger partial charge on any atom is -0.341 e. The molecule has 2 aromatic rings. The van der Waals surface area contributed by atoms with E-state index in [1.54, 1.807) is 0 Å². The SMILES string of the molecule is Brc1ccc(-c2cnc(CNC3CC=CCC3)[nH]2)cc1. The number of benzene rings is 1. The van der Waals surface area contributed by atoms with Crippen molar-refractivity contribution in [2.24, 2.45) is 0 Å². The van der Waals surface area contributed by atoms with Crippen LogP contribution in [0.2, 0.25) is 0 Å². The van der Waals surface area contributed by atoms with Gasteiger partial charge in [-0.1, -0.05) is 40.2 Å². The molecule has 3 nitrogen and oxygen atoms in total. The number of nitrogens with zero attached hydrogens (tertiary/aromatic N) is 1. The zero-order valence-corrected chi connectivity index (χ0v) is 12.9. The summed E-state index contributed by atoms with van der Waals surface area (Å²) in [5.74, 6) is 0.998. The molecular weight excluding hydrogens is 314 g/mol. The minimum atomic E-state index is 0.584. The Morgan fingerprint density at radius 2 is 2.10 bits per heavy atom. The van der Waals surface area contributed by atoms with Crippen LogP contribution in [0.5, 0.6) is 0 Å². The predicted octanol–water partition coefficient (Wildman–Crippen LogP) is 4.04. The third-order valence-electron chi connectivity index (χ3n) is 3.61. The molecule has 1 aromatic heterocycles. The van der Waals surface area contributed by atoms with Crippen LogP contribution in [-0.2, 0) is 6.54 Å². The van der Waals surface area contributed by atoms with Gasteiger partial charge in [-0.2, -0.15) is 0 Å². The molecule has 1 aliphatic rings. The van der Waals surface area contributed by atoms with Crippen molar-refractivity contribution >= 4 is 15.9 Å². The topological polar surface area (TPSA) is 40.7 Å². The number of nitrogens with one attached hydrogen (secondary N) is 2. The highest BCUT2D eigenvalue weighted by molar-refractivity contribution is 9.10. The Morgan fingerprint density at radius 3 is 2.85 bits per heavy atom. The number of hydrogen-bond acceptors (Lipinski definition) is 2. The van der Waals surface area contributed by atoms with Crippen LogP contribution in [0, 0.1) is 0 Å². The van der Waals surface area contributed by atoms with Gasteiger partial charge in [-0.3, -0.25) is 0 Å². The van der Waals surface area contributed by atoms with Crippen molar-refractivity contribution in [1.82, 2.24) is 15.3 Å². The number of halogens is 1. The average molecular weight is 332 g/mol. The van der Waals surface area contributed by atoms with Crippen molar-refractivity contribution in [3.63, 3.8) is 0 Å². The number of H-pyrrole nitrogens is 1. The summed E-state index contributed by atoms with van der Waals surface area (Å²) in [4.78, 5) is 7.83. The quantitative estimate of drug-likeness (QED) is 0.830. The predicted molar refractivity (Wildman–Crippen MR) is 85.3 cm³/mol. The van der Waals surface area contributed by atoms with E-state index >= 15 is 0 Å². The molecule has 1 aromatic carbocycles. The van der Waals surface area contributed by atoms with Crippen LogP contribution in [0.25, 0.3) is 11.3 Å². The van der Waals surface area contributed by atoms with Gasteiger partial charge in [-0.05, 0) is 37.0 Å². The van der Waals surface area contributed by atoms with Gasteiger partial charge in [0.05, 0.1) is 18.4 Å². The summed E-state index contributed by atoms with van der Waals surface area (Å²) in [6, 6.07) is 8.84. The van der Waals surface area contributed by atoms with E-state index in [0.717, 1.165) is 34.5 Å². The van der Waals surface area contributed by atoms with E-state index in [0.29, 0.717) is 6.04 Å². The molecule has 0 aliphatic heterocycles. The van der Waals surface area contributed by atoms with Crippen LogP contribution >= 0.6 is 15.9 Å². The lowest BCUT2D eigenvalue weighted by atomic mass is 10.0. The number of allylic oxidation sites excluding steroid dienone is 1. The molecule has 104 valence electrons. The monoisotopic (exact) mass is 331 g/mol. The van der Waals surface area contributed by atoms with Crippen LogP contribution in [0.15, 0.2) is 47.1 Å². The van der Waals surface area contributed by atoms with Crippen LogP contribution in [0.1, 0.15) is 25.1 Å². The molecule has 4 heteroatoms. The maximum absolute atomic E-state index is 4.45. The Morgan fingerprint density at radius 1 is 1.25 bits per heavy atom. The van der Waals surface area contributed by atoms with E-state index in [1.807, 2.05) is 18.3 Å². The summed E-state index contributed by atoms with van der Waals surface area (Å²) in [6.45, 7) is 0.801. The van der Waals surface area contributed by atoms with Crippen LogP contribution in [0.3, 0.4) is 0 Å². The van der Waals surface area contributed by atoms with Gasteiger partial charge in [-0.25, -0.2) is 4.98 Å². The second-order valence-corrected chi connectivity index (χ2v) is 6.03. The Balaban J connectivity index is 1.61. The summed E-state index contributed by atoms with van der Waals surface area (Å²) in [5.41, 5.74) is 2.23. The first-order valence-corrected chi connectivity index (χ1v) is 7.79. The molecule has 0 radical (unpaired) electrons. The van der Waals surface area contributed by atoms with E-state index in [9.17, 15) is 0 Å². The minimum absolute atomic E-state index is 0.584. The first-order chi connectivity index (χ1) is 9.81. The summed E-state index contributed by atoms with van der Waals surface area (Å²) in [5, 5.41) is 3.56. The van der Waals surface area contributed by atoms with Crippen molar-refractivity contribution in [3.8, 4) is 11.3 Å². The van der Waals surface area contributed by atoms with Crippen LogP contribution in [-0.4, -0.2) is 16.0 Å². The molecular formula is C16H18BrN3. The van der Waals surface area contributed by atoms with Gasteiger partial charge in [-0.15, -0.1) is 0 Å². The molecule has 1 aliphatic carbocycles.